The quantitative estimate of drug-likeness (QED) is 0.901. The first kappa shape index (κ1) is 14.6. The summed E-state index contributed by atoms with van der Waals surface area (Å²) in [6, 6.07) is 5.32. The van der Waals surface area contributed by atoms with Gasteiger partial charge < -0.3 is 11.1 Å². The maximum atomic E-state index is 11.9. The maximum absolute atomic E-state index is 11.9. The number of hydrogen-bond acceptors (Lipinski definition) is 3. The Labute approximate surface area is 122 Å². The van der Waals surface area contributed by atoms with Gasteiger partial charge in [0.15, 0.2) is 0 Å². The zero-order valence-electron chi connectivity index (χ0n) is 10.5. The van der Waals surface area contributed by atoms with Gasteiger partial charge in [0, 0.05) is 24.8 Å². The lowest BCUT2D eigenvalue weighted by molar-refractivity contribution is -0.117. The van der Waals surface area contributed by atoms with Crippen LogP contribution in [0.2, 0.25) is 10.0 Å². The van der Waals surface area contributed by atoms with Gasteiger partial charge in [-0.05, 0) is 31.0 Å². The van der Waals surface area contributed by atoms with Crippen molar-refractivity contribution in [1.82, 2.24) is 4.90 Å². The van der Waals surface area contributed by atoms with Crippen LogP contribution in [0.5, 0.6) is 0 Å². The molecule has 0 spiro atoms. The van der Waals surface area contributed by atoms with Gasteiger partial charge in [0.1, 0.15) is 0 Å². The van der Waals surface area contributed by atoms with Gasteiger partial charge in [-0.25, -0.2) is 0 Å². The lowest BCUT2D eigenvalue weighted by Crippen LogP contribution is -2.43. The molecule has 3 N–H and O–H groups in total. The van der Waals surface area contributed by atoms with Crippen molar-refractivity contribution in [2.75, 3.05) is 25.0 Å². The van der Waals surface area contributed by atoms with Crippen molar-refractivity contribution in [1.29, 1.82) is 0 Å². The van der Waals surface area contributed by atoms with Crippen molar-refractivity contribution < 1.29 is 4.79 Å². The number of carbonyl (C=O) groups is 1. The van der Waals surface area contributed by atoms with Crippen molar-refractivity contribution in [2.45, 2.75) is 18.9 Å². The van der Waals surface area contributed by atoms with Gasteiger partial charge in [-0.2, -0.15) is 0 Å². The van der Waals surface area contributed by atoms with Crippen LogP contribution in [0.1, 0.15) is 12.8 Å². The van der Waals surface area contributed by atoms with Crippen LogP contribution in [0.3, 0.4) is 0 Å². The molecule has 0 aromatic heterocycles. The average Bonchev–Trinajstić information content (AvgIpc) is 2.37. The highest BCUT2D eigenvalue weighted by atomic mass is 35.5. The van der Waals surface area contributed by atoms with E-state index in [1.165, 1.54) is 0 Å². The van der Waals surface area contributed by atoms with Crippen LogP contribution < -0.4 is 11.1 Å². The number of nitrogens with zero attached hydrogens (tertiary/aromatic N) is 1. The van der Waals surface area contributed by atoms with Crippen molar-refractivity contribution >= 4 is 34.8 Å². The minimum absolute atomic E-state index is 0.0474. The molecule has 1 heterocycles. The Morgan fingerprint density at radius 1 is 1.32 bits per heavy atom. The molecule has 1 aromatic carbocycles. The Kier molecular flexibility index (Phi) is 5.05. The maximum Gasteiger partial charge on any atom is 0.238 e. The van der Waals surface area contributed by atoms with Crippen molar-refractivity contribution in [2.24, 2.45) is 5.73 Å². The molecule has 1 aromatic rings. The second kappa shape index (κ2) is 6.57. The number of amides is 1. The summed E-state index contributed by atoms with van der Waals surface area (Å²) in [5.41, 5.74) is 6.49. The third-order valence-corrected chi connectivity index (χ3v) is 3.94. The number of rotatable bonds is 3. The fourth-order valence-corrected chi connectivity index (χ4v) is 2.39. The van der Waals surface area contributed by atoms with Crippen LogP contribution >= 0.6 is 23.2 Å². The van der Waals surface area contributed by atoms with Gasteiger partial charge in [0.25, 0.3) is 0 Å². The molecule has 2 rings (SSSR count). The van der Waals surface area contributed by atoms with Crippen LogP contribution in [0, 0.1) is 0 Å². The van der Waals surface area contributed by atoms with Crippen LogP contribution in [0.15, 0.2) is 18.2 Å². The average molecular weight is 302 g/mol. The van der Waals surface area contributed by atoms with Crippen molar-refractivity contribution in [3.8, 4) is 0 Å². The molecule has 1 fully saturated rings. The second-order valence-corrected chi connectivity index (χ2v) is 5.61. The number of hydrogen-bond donors (Lipinski definition) is 2. The fraction of sp³-hybridized carbons (Fsp3) is 0.462. The van der Waals surface area contributed by atoms with E-state index in [1.54, 1.807) is 18.2 Å². The molecule has 1 saturated heterocycles. The number of likely N-dealkylation sites (tertiary alicyclic amines) is 1. The summed E-state index contributed by atoms with van der Waals surface area (Å²) in [6.45, 7) is 2.12. The summed E-state index contributed by atoms with van der Waals surface area (Å²) in [4.78, 5) is 14.0. The van der Waals surface area contributed by atoms with E-state index in [2.05, 4.69) is 10.2 Å². The molecular weight excluding hydrogens is 285 g/mol. The molecule has 0 radical (unpaired) electrons. The Morgan fingerprint density at radius 2 is 2.00 bits per heavy atom. The summed E-state index contributed by atoms with van der Waals surface area (Å²) in [5, 5.41) is 3.72. The highest BCUT2D eigenvalue weighted by Crippen LogP contribution is 2.24. The smallest absolute Gasteiger partial charge is 0.238 e. The topological polar surface area (TPSA) is 58.4 Å². The van der Waals surface area contributed by atoms with Crippen LogP contribution in [-0.2, 0) is 4.79 Å². The van der Waals surface area contributed by atoms with Gasteiger partial charge in [0.2, 0.25) is 5.91 Å². The first-order valence-corrected chi connectivity index (χ1v) is 7.03. The van der Waals surface area contributed by atoms with Gasteiger partial charge in [-0.15, -0.1) is 0 Å². The van der Waals surface area contributed by atoms with Crippen molar-refractivity contribution in [3.63, 3.8) is 0 Å². The molecule has 0 bridgehead atoms. The number of anilines is 1. The molecule has 4 nitrogen and oxygen atoms in total. The third-order valence-electron chi connectivity index (χ3n) is 3.20. The fourth-order valence-electron chi connectivity index (χ4n) is 2.09. The zero-order valence-corrected chi connectivity index (χ0v) is 12.0. The molecule has 1 aliphatic heterocycles. The normalized spacial score (nSPS) is 17.4. The zero-order chi connectivity index (χ0) is 13.8. The van der Waals surface area contributed by atoms with E-state index in [-0.39, 0.29) is 11.9 Å². The number of nitrogens with one attached hydrogen (secondary N) is 1. The van der Waals surface area contributed by atoms with E-state index >= 15 is 0 Å². The van der Waals surface area contributed by atoms with Gasteiger partial charge in [-0.1, -0.05) is 23.2 Å². The number of nitrogens with two attached hydrogens (primary N) is 1. The number of piperidine rings is 1. The monoisotopic (exact) mass is 301 g/mol. The van der Waals surface area contributed by atoms with Crippen LogP contribution in [0.25, 0.3) is 0 Å². The number of halogens is 2. The minimum Gasteiger partial charge on any atom is -0.328 e. The lowest BCUT2D eigenvalue weighted by Gasteiger charge is -2.29. The van der Waals surface area contributed by atoms with E-state index in [9.17, 15) is 4.79 Å². The molecular formula is C13H17Cl2N3O. The molecule has 19 heavy (non-hydrogen) atoms. The second-order valence-electron chi connectivity index (χ2n) is 4.79. The molecule has 1 aliphatic rings. The first-order chi connectivity index (χ1) is 9.04. The Hall–Kier alpha value is -0.810. The number of benzene rings is 1. The first-order valence-electron chi connectivity index (χ1n) is 6.27. The standard InChI is InChI=1S/C13H17Cl2N3O/c14-11-2-1-10(7-12(11)15)17-13(19)8-18-5-3-9(16)4-6-18/h1-2,7,9H,3-6,8,16H2,(H,17,19). The Morgan fingerprint density at radius 3 is 2.63 bits per heavy atom. The molecule has 0 saturated carbocycles. The molecule has 0 unspecified atom stereocenters. The Balaban J connectivity index is 1.85. The predicted octanol–water partition coefficient (Wildman–Crippen LogP) is 2.35. The minimum atomic E-state index is -0.0474. The Bertz CT molecular complexity index is 459. The van der Waals surface area contributed by atoms with Crippen LogP contribution in [-0.4, -0.2) is 36.5 Å². The van der Waals surface area contributed by atoms with Gasteiger partial charge in [0.05, 0.1) is 16.6 Å². The van der Waals surface area contributed by atoms with Crippen molar-refractivity contribution in [3.05, 3.63) is 28.2 Å². The van der Waals surface area contributed by atoms with E-state index in [0.29, 0.717) is 22.3 Å². The van der Waals surface area contributed by atoms with Gasteiger partial charge in [-0.3, -0.25) is 9.69 Å². The lowest BCUT2D eigenvalue weighted by atomic mass is 10.1. The molecule has 6 heteroatoms. The highest BCUT2D eigenvalue weighted by molar-refractivity contribution is 6.42. The summed E-state index contributed by atoms with van der Waals surface area (Å²) in [6.07, 6.45) is 1.89. The predicted molar refractivity (Wildman–Crippen MR) is 78.7 cm³/mol. The molecule has 1 amide bonds. The SMILES string of the molecule is NC1CCN(CC(=O)Nc2ccc(Cl)c(Cl)c2)CC1. The largest absolute Gasteiger partial charge is 0.328 e. The van der Waals surface area contributed by atoms with Gasteiger partial charge >= 0.3 is 0 Å². The summed E-state index contributed by atoms with van der Waals surface area (Å²) >= 11 is 11.7. The number of carbonyl (C=O) groups excluding carboxylic acids is 1. The summed E-state index contributed by atoms with van der Waals surface area (Å²) < 4.78 is 0. The molecule has 0 aliphatic carbocycles. The third kappa shape index (κ3) is 4.35. The van der Waals surface area contributed by atoms with E-state index < -0.39 is 0 Å². The van der Waals surface area contributed by atoms with E-state index in [0.717, 1.165) is 25.9 Å². The molecule has 104 valence electrons. The van der Waals surface area contributed by atoms with Crippen LogP contribution in [0.4, 0.5) is 5.69 Å². The summed E-state index contributed by atoms with van der Waals surface area (Å²) in [5.74, 6) is -0.0474. The summed E-state index contributed by atoms with van der Waals surface area (Å²) in [7, 11) is 0. The van der Waals surface area contributed by atoms with E-state index in [4.69, 9.17) is 28.9 Å². The van der Waals surface area contributed by atoms with E-state index in [1.807, 2.05) is 0 Å². The highest BCUT2D eigenvalue weighted by Gasteiger charge is 2.18. The molecule has 0 atom stereocenters.